The van der Waals surface area contributed by atoms with E-state index in [-0.39, 0.29) is 17.4 Å². The second-order valence-corrected chi connectivity index (χ2v) is 8.06. The zero-order chi connectivity index (χ0) is 23.1. The Labute approximate surface area is 192 Å². The lowest BCUT2D eigenvalue weighted by Gasteiger charge is -2.23. The van der Waals surface area contributed by atoms with Crippen molar-refractivity contribution in [1.82, 2.24) is 34.7 Å². The van der Waals surface area contributed by atoms with Gasteiger partial charge in [0.05, 0.1) is 17.4 Å². The molecule has 0 radical (unpaired) electrons. The zero-order valence-corrected chi connectivity index (χ0v) is 18.0. The van der Waals surface area contributed by atoms with Gasteiger partial charge in [-0.05, 0) is 49.6 Å². The Bertz CT molecular complexity index is 1480. The topological polar surface area (TPSA) is 83.5 Å². The van der Waals surface area contributed by atoms with Gasteiger partial charge in [-0.2, -0.15) is 9.49 Å². The molecule has 4 aromatic heterocycles. The molecule has 0 spiro atoms. The van der Waals surface area contributed by atoms with E-state index in [2.05, 4.69) is 20.3 Å². The van der Waals surface area contributed by atoms with Crippen molar-refractivity contribution in [2.75, 3.05) is 6.61 Å². The SMILES string of the molecule is Fc1cc2c(cc1-c1cccnc1F)c(-c1cn(-c3ccncc3)nn1)nn2C1CCCCO1. The fourth-order valence-electron chi connectivity index (χ4n) is 4.27. The normalized spacial score (nSPS) is 16.2. The van der Waals surface area contributed by atoms with Crippen LogP contribution in [0.2, 0.25) is 0 Å². The van der Waals surface area contributed by atoms with Crippen molar-refractivity contribution in [3.63, 3.8) is 0 Å². The van der Waals surface area contributed by atoms with Crippen molar-refractivity contribution in [3.8, 4) is 28.2 Å². The van der Waals surface area contributed by atoms with Crippen LogP contribution in [-0.2, 0) is 4.74 Å². The number of nitrogens with zero attached hydrogens (tertiary/aromatic N) is 7. The van der Waals surface area contributed by atoms with Crippen molar-refractivity contribution in [2.24, 2.45) is 0 Å². The molecule has 6 rings (SSSR count). The smallest absolute Gasteiger partial charge is 0.220 e. The molecule has 1 aromatic carbocycles. The van der Waals surface area contributed by atoms with Crippen LogP contribution >= 0.6 is 0 Å². The molecule has 0 amide bonds. The Hall–Kier alpha value is -4.05. The fraction of sp³-hybridized carbons (Fsp3) is 0.208. The van der Waals surface area contributed by atoms with Gasteiger partial charge in [0, 0.05) is 47.8 Å². The summed E-state index contributed by atoms with van der Waals surface area (Å²) in [5, 5.41) is 13.9. The van der Waals surface area contributed by atoms with E-state index in [1.165, 1.54) is 18.3 Å². The number of pyridine rings is 2. The first kappa shape index (κ1) is 20.5. The summed E-state index contributed by atoms with van der Waals surface area (Å²) in [5.74, 6) is -1.31. The zero-order valence-electron chi connectivity index (χ0n) is 18.0. The second kappa shape index (κ2) is 8.38. The Morgan fingerprint density at radius 1 is 1.00 bits per heavy atom. The summed E-state index contributed by atoms with van der Waals surface area (Å²) in [6.45, 7) is 0.612. The van der Waals surface area contributed by atoms with Gasteiger partial charge in [0.2, 0.25) is 5.95 Å². The lowest BCUT2D eigenvalue weighted by molar-refractivity contribution is -0.0365. The number of hydrogen-bond donors (Lipinski definition) is 0. The third-order valence-corrected chi connectivity index (χ3v) is 5.94. The monoisotopic (exact) mass is 459 g/mol. The molecule has 0 bridgehead atoms. The van der Waals surface area contributed by atoms with Crippen LogP contribution < -0.4 is 0 Å². The van der Waals surface area contributed by atoms with Crippen LogP contribution in [0, 0.1) is 11.8 Å². The third kappa shape index (κ3) is 3.52. The Balaban J connectivity index is 1.55. The summed E-state index contributed by atoms with van der Waals surface area (Å²) >= 11 is 0. The average Bonchev–Trinajstić information content (AvgIpc) is 3.50. The largest absolute Gasteiger partial charge is 0.356 e. The summed E-state index contributed by atoms with van der Waals surface area (Å²) < 4.78 is 38.9. The number of hydrogen-bond acceptors (Lipinski definition) is 6. The molecular formula is C24H19F2N7O. The van der Waals surface area contributed by atoms with Crippen LogP contribution in [0.4, 0.5) is 8.78 Å². The minimum absolute atomic E-state index is 0.0787. The molecule has 5 aromatic rings. The van der Waals surface area contributed by atoms with Crippen molar-refractivity contribution >= 4 is 10.9 Å². The van der Waals surface area contributed by atoms with E-state index in [0.717, 1.165) is 24.9 Å². The first-order valence-electron chi connectivity index (χ1n) is 11.0. The van der Waals surface area contributed by atoms with Gasteiger partial charge in [-0.25, -0.2) is 18.7 Å². The highest BCUT2D eigenvalue weighted by molar-refractivity contribution is 5.95. The van der Waals surface area contributed by atoms with Gasteiger partial charge >= 0.3 is 0 Å². The molecule has 0 saturated carbocycles. The van der Waals surface area contributed by atoms with E-state index in [9.17, 15) is 4.39 Å². The molecule has 0 aliphatic carbocycles. The van der Waals surface area contributed by atoms with E-state index < -0.39 is 11.8 Å². The predicted octanol–water partition coefficient (Wildman–Crippen LogP) is 4.72. The molecule has 1 saturated heterocycles. The number of ether oxygens (including phenoxy) is 1. The van der Waals surface area contributed by atoms with Crippen molar-refractivity contribution in [1.29, 1.82) is 0 Å². The van der Waals surface area contributed by atoms with Crippen LogP contribution in [0.3, 0.4) is 0 Å². The standard InChI is InChI=1S/C24H19F2N7O/c25-19-13-21-18(12-17(19)16-4-3-8-28-24(16)26)23(30-33(21)22-5-1-2-11-34-22)20-14-32(31-29-20)15-6-9-27-10-7-15/h3-4,6-10,12-14,22H,1-2,5,11H2. The van der Waals surface area contributed by atoms with Gasteiger partial charge in [-0.15, -0.1) is 5.10 Å². The van der Waals surface area contributed by atoms with Crippen molar-refractivity contribution in [2.45, 2.75) is 25.5 Å². The van der Waals surface area contributed by atoms with Gasteiger partial charge in [-0.1, -0.05) is 5.21 Å². The average molecular weight is 459 g/mol. The Kier molecular flexibility index (Phi) is 5.06. The number of rotatable bonds is 4. The molecule has 10 heteroatoms. The highest BCUT2D eigenvalue weighted by Crippen LogP contribution is 2.36. The van der Waals surface area contributed by atoms with E-state index in [1.54, 1.807) is 40.1 Å². The maximum absolute atomic E-state index is 15.3. The summed E-state index contributed by atoms with van der Waals surface area (Å²) in [5.41, 5.74) is 2.53. The molecule has 0 N–H and O–H groups in total. The van der Waals surface area contributed by atoms with E-state index in [1.807, 2.05) is 12.1 Å². The van der Waals surface area contributed by atoms with Gasteiger partial charge in [0.15, 0.2) is 6.23 Å². The molecule has 1 aliphatic rings. The molecule has 1 atom stereocenters. The molecule has 1 fully saturated rings. The second-order valence-electron chi connectivity index (χ2n) is 8.06. The van der Waals surface area contributed by atoms with Crippen molar-refractivity contribution in [3.05, 3.63) is 73.0 Å². The van der Waals surface area contributed by atoms with Crippen LogP contribution in [0.25, 0.3) is 39.1 Å². The lowest BCUT2D eigenvalue weighted by atomic mass is 10.0. The molecule has 1 aliphatic heterocycles. The fourth-order valence-corrected chi connectivity index (χ4v) is 4.27. The van der Waals surface area contributed by atoms with Crippen LogP contribution in [0.5, 0.6) is 0 Å². The summed E-state index contributed by atoms with van der Waals surface area (Å²) in [7, 11) is 0. The van der Waals surface area contributed by atoms with E-state index >= 15 is 4.39 Å². The van der Waals surface area contributed by atoms with E-state index in [0.29, 0.717) is 28.9 Å². The molecule has 5 heterocycles. The number of halogens is 2. The Morgan fingerprint density at radius 2 is 1.88 bits per heavy atom. The number of benzene rings is 1. The summed E-state index contributed by atoms with van der Waals surface area (Å²) in [4.78, 5) is 7.69. The van der Waals surface area contributed by atoms with Crippen LogP contribution in [-0.4, -0.2) is 41.3 Å². The van der Waals surface area contributed by atoms with Gasteiger partial charge in [0.25, 0.3) is 0 Å². The lowest BCUT2D eigenvalue weighted by Crippen LogP contribution is -2.19. The minimum Gasteiger partial charge on any atom is -0.356 e. The molecule has 34 heavy (non-hydrogen) atoms. The quantitative estimate of drug-likeness (QED) is 0.362. The number of aromatic nitrogens is 7. The van der Waals surface area contributed by atoms with Gasteiger partial charge in [-0.3, -0.25) is 4.98 Å². The summed E-state index contributed by atoms with van der Waals surface area (Å²) in [6.07, 6.45) is 8.81. The first-order valence-corrected chi connectivity index (χ1v) is 11.0. The number of fused-ring (bicyclic) bond motifs is 1. The molecule has 170 valence electrons. The minimum atomic E-state index is -0.742. The predicted molar refractivity (Wildman–Crippen MR) is 120 cm³/mol. The molecular weight excluding hydrogens is 440 g/mol. The van der Waals surface area contributed by atoms with Crippen LogP contribution in [0.1, 0.15) is 25.5 Å². The van der Waals surface area contributed by atoms with Gasteiger partial charge < -0.3 is 4.74 Å². The summed E-state index contributed by atoms with van der Waals surface area (Å²) in [6, 6.07) is 9.66. The van der Waals surface area contributed by atoms with Crippen LogP contribution in [0.15, 0.2) is 61.2 Å². The third-order valence-electron chi connectivity index (χ3n) is 5.94. The molecule has 1 unspecified atom stereocenters. The Morgan fingerprint density at radius 3 is 2.68 bits per heavy atom. The van der Waals surface area contributed by atoms with E-state index in [4.69, 9.17) is 9.84 Å². The van der Waals surface area contributed by atoms with Crippen molar-refractivity contribution < 1.29 is 13.5 Å². The highest BCUT2D eigenvalue weighted by Gasteiger charge is 2.25. The molecule has 8 nitrogen and oxygen atoms in total. The first-order chi connectivity index (χ1) is 16.7. The highest BCUT2D eigenvalue weighted by atomic mass is 19.1. The maximum atomic E-state index is 15.3. The van der Waals surface area contributed by atoms with Gasteiger partial charge in [0.1, 0.15) is 17.2 Å². The maximum Gasteiger partial charge on any atom is 0.220 e.